The summed E-state index contributed by atoms with van der Waals surface area (Å²) >= 11 is 0. The van der Waals surface area contributed by atoms with Crippen molar-refractivity contribution < 1.29 is 0 Å². The van der Waals surface area contributed by atoms with E-state index in [1.807, 2.05) is 0 Å². The average molecular weight is 198 g/mol. The van der Waals surface area contributed by atoms with Gasteiger partial charge in [0.05, 0.1) is 0 Å². The Morgan fingerprint density at radius 2 is 1.93 bits per heavy atom. The predicted octanol–water partition coefficient (Wildman–Crippen LogP) is 1.96. The third-order valence-corrected chi connectivity index (χ3v) is 2.98. The number of hydrogen-bond acceptors (Lipinski definition) is 2. The normalized spacial score (nSPS) is 20.1. The standard InChI is InChI=1S/C12H26N2/c1-10(11-6-7-11)13-8-12(2,3)9-14(4)5/h10-11,13H,6-9H2,1-5H3/t10-/m1/s1. The molecule has 1 aliphatic carbocycles. The molecule has 1 aliphatic rings. The lowest BCUT2D eigenvalue weighted by molar-refractivity contribution is 0.224. The van der Waals surface area contributed by atoms with Crippen LogP contribution in [0.5, 0.6) is 0 Å². The summed E-state index contributed by atoms with van der Waals surface area (Å²) in [6, 6.07) is 0.719. The van der Waals surface area contributed by atoms with Gasteiger partial charge in [-0.05, 0) is 45.2 Å². The van der Waals surface area contributed by atoms with Gasteiger partial charge in [-0.2, -0.15) is 0 Å². The zero-order chi connectivity index (χ0) is 10.8. The van der Waals surface area contributed by atoms with Crippen molar-refractivity contribution in [3.63, 3.8) is 0 Å². The van der Waals surface area contributed by atoms with Crippen LogP contribution < -0.4 is 5.32 Å². The van der Waals surface area contributed by atoms with Gasteiger partial charge in [-0.1, -0.05) is 13.8 Å². The van der Waals surface area contributed by atoms with E-state index in [0.29, 0.717) is 5.41 Å². The lowest BCUT2D eigenvalue weighted by atomic mass is 9.92. The molecular weight excluding hydrogens is 172 g/mol. The van der Waals surface area contributed by atoms with Crippen molar-refractivity contribution >= 4 is 0 Å². The Balaban J connectivity index is 2.20. The topological polar surface area (TPSA) is 15.3 Å². The van der Waals surface area contributed by atoms with Crippen molar-refractivity contribution in [1.82, 2.24) is 10.2 Å². The Hall–Kier alpha value is -0.0800. The van der Waals surface area contributed by atoms with Gasteiger partial charge in [-0.3, -0.25) is 0 Å². The molecule has 0 heterocycles. The third kappa shape index (κ3) is 4.43. The van der Waals surface area contributed by atoms with Gasteiger partial charge in [0.15, 0.2) is 0 Å². The first kappa shape index (κ1) is 12.0. The van der Waals surface area contributed by atoms with Crippen molar-refractivity contribution in [2.75, 3.05) is 27.2 Å². The second-order valence-corrected chi connectivity index (χ2v) is 5.91. The highest BCUT2D eigenvalue weighted by Crippen LogP contribution is 2.32. The van der Waals surface area contributed by atoms with E-state index >= 15 is 0 Å². The number of hydrogen-bond donors (Lipinski definition) is 1. The Kier molecular flexibility index (Phi) is 3.96. The molecule has 1 rings (SSSR count). The fourth-order valence-corrected chi connectivity index (χ4v) is 2.11. The van der Waals surface area contributed by atoms with Crippen LogP contribution in [0.25, 0.3) is 0 Å². The number of rotatable bonds is 6. The van der Waals surface area contributed by atoms with Crippen LogP contribution in [0.4, 0.5) is 0 Å². The van der Waals surface area contributed by atoms with Crippen molar-refractivity contribution in [3.8, 4) is 0 Å². The highest BCUT2D eigenvalue weighted by atomic mass is 15.1. The zero-order valence-corrected chi connectivity index (χ0v) is 10.4. The predicted molar refractivity (Wildman–Crippen MR) is 62.5 cm³/mol. The fraction of sp³-hybridized carbons (Fsp3) is 1.00. The Morgan fingerprint density at radius 3 is 2.36 bits per heavy atom. The Bertz CT molecular complexity index is 171. The zero-order valence-electron chi connectivity index (χ0n) is 10.4. The lowest BCUT2D eigenvalue weighted by Gasteiger charge is -2.30. The van der Waals surface area contributed by atoms with E-state index in [-0.39, 0.29) is 0 Å². The van der Waals surface area contributed by atoms with Gasteiger partial charge in [0.25, 0.3) is 0 Å². The summed E-state index contributed by atoms with van der Waals surface area (Å²) in [7, 11) is 4.29. The van der Waals surface area contributed by atoms with Crippen molar-refractivity contribution in [1.29, 1.82) is 0 Å². The molecule has 2 heteroatoms. The van der Waals surface area contributed by atoms with Crippen LogP contribution in [0.3, 0.4) is 0 Å². The average Bonchev–Trinajstić information content (AvgIpc) is 2.79. The van der Waals surface area contributed by atoms with E-state index < -0.39 is 0 Å². The summed E-state index contributed by atoms with van der Waals surface area (Å²) in [5, 5.41) is 3.66. The largest absolute Gasteiger partial charge is 0.313 e. The molecular formula is C12H26N2. The molecule has 14 heavy (non-hydrogen) atoms. The smallest absolute Gasteiger partial charge is 0.00672 e. The maximum Gasteiger partial charge on any atom is 0.00672 e. The van der Waals surface area contributed by atoms with Crippen LogP contribution >= 0.6 is 0 Å². The van der Waals surface area contributed by atoms with Gasteiger partial charge in [-0.25, -0.2) is 0 Å². The van der Waals surface area contributed by atoms with Crippen LogP contribution in [-0.4, -0.2) is 38.1 Å². The Morgan fingerprint density at radius 1 is 1.36 bits per heavy atom. The molecule has 1 N–H and O–H groups in total. The summed E-state index contributed by atoms with van der Waals surface area (Å²) in [4.78, 5) is 2.27. The molecule has 0 radical (unpaired) electrons. The van der Waals surface area contributed by atoms with E-state index in [0.717, 1.165) is 25.0 Å². The van der Waals surface area contributed by atoms with E-state index in [2.05, 4.69) is 45.1 Å². The molecule has 0 saturated heterocycles. The molecule has 1 fully saturated rings. The van der Waals surface area contributed by atoms with Gasteiger partial charge < -0.3 is 10.2 Å². The molecule has 0 bridgehead atoms. The molecule has 0 amide bonds. The Labute approximate surface area is 89.1 Å². The highest BCUT2D eigenvalue weighted by Gasteiger charge is 2.29. The molecule has 2 nitrogen and oxygen atoms in total. The van der Waals surface area contributed by atoms with Gasteiger partial charge >= 0.3 is 0 Å². The summed E-state index contributed by atoms with van der Waals surface area (Å²) < 4.78 is 0. The van der Waals surface area contributed by atoms with Gasteiger partial charge in [-0.15, -0.1) is 0 Å². The minimum absolute atomic E-state index is 0.382. The van der Waals surface area contributed by atoms with E-state index in [4.69, 9.17) is 0 Å². The number of nitrogens with zero attached hydrogens (tertiary/aromatic N) is 1. The summed E-state index contributed by atoms with van der Waals surface area (Å²) in [5.41, 5.74) is 0.382. The SMILES string of the molecule is C[C@@H](NCC(C)(C)CN(C)C)C1CC1. The number of nitrogens with one attached hydrogen (secondary N) is 1. The monoisotopic (exact) mass is 198 g/mol. The first-order chi connectivity index (χ1) is 6.41. The maximum absolute atomic E-state index is 3.66. The molecule has 84 valence electrons. The molecule has 0 aromatic rings. The van der Waals surface area contributed by atoms with Crippen LogP contribution in [0, 0.1) is 11.3 Å². The summed E-state index contributed by atoms with van der Waals surface area (Å²) in [6.07, 6.45) is 2.87. The van der Waals surface area contributed by atoms with Crippen LogP contribution in [0.1, 0.15) is 33.6 Å². The molecule has 0 aromatic heterocycles. The highest BCUT2D eigenvalue weighted by molar-refractivity contribution is 4.85. The second kappa shape index (κ2) is 4.63. The molecule has 0 aliphatic heterocycles. The molecule has 1 atom stereocenters. The fourth-order valence-electron chi connectivity index (χ4n) is 2.11. The molecule has 0 aromatic carbocycles. The third-order valence-electron chi connectivity index (χ3n) is 2.98. The second-order valence-electron chi connectivity index (χ2n) is 5.91. The quantitative estimate of drug-likeness (QED) is 0.702. The van der Waals surface area contributed by atoms with E-state index in [1.54, 1.807) is 0 Å². The first-order valence-electron chi connectivity index (χ1n) is 5.79. The van der Waals surface area contributed by atoms with Crippen molar-refractivity contribution in [2.45, 2.75) is 39.7 Å². The van der Waals surface area contributed by atoms with E-state index in [9.17, 15) is 0 Å². The first-order valence-corrected chi connectivity index (χ1v) is 5.79. The van der Waals surface area contributed by atoms with Crippen molar-refractivity contribution in [2.24, 2.45) is 11.3 Å². The minimum Gasteiger partial charge on any atom is -0.313 e. The summed E-state index contributed by atoms with van der Waals surface area (Å²) in [6.45, 7) is 9.27. The minimum atomic E-state index is 0.382. The van der Waals surface area contributed by atoms with Crippen LogP contribution in [-0.2, 0) is 0 Å². The molecule has 1 saturated carbocycles. The molecule has 0 spiro atoms. The van der Waals surface area contributed by atoms with Crippen LogP contribution in [0.15, 0.2) is 0 Å². The van der Waals surface area contributed by atoms with Crippen molar-refractivity contribution in [3.05, 3.63) is 0 Å². The molecule has 0 unspecified atom stereocenters. The van der Waals surface area contributed by atoms with E-state index in [1.165, 1.54) is 12.8 Å². The van der Waals surface area contributed by atoms with Gasteiger partial charge in [0.1, 0.15) is 0 Å². The maximum atomic E-state index is 3.66. The van der Waals surface area contributed by atoms with Gasteiger partial charge in [0.2, 0.25) is 0 Å². The lowest BCUT2D eigenvalue weighted by Crippen LogP contribution is -2.41. The van der Waals surface area contributed by atoms with Crippen LogP contribution in [0.2, 0.25) is 0 Å². The summed E-state index contributed by atoms with van der Waals surface area (Å²) in [5.74, 6) is 0.963. The van der Waals surface area contributed by atoms with Gasteiger partial charge in [0, 0.05) is 19.1 Å².